The van der Waals surface area contributed by atoms with E-state index in [0.29, 0.717) is 5.41 Å². The molecule has 1 saturated heterocycles. The highest BCUT2D eigenvalue weighted by Gasteiger charge is 2.49. The molecule has 1 atom stereocenters. The zero-order chi connectivity index (χ0) is 7.24. The Labute approximate surface area is 61.6 Å². The highest BCUT2D eigenvalue weighted by molar-refractivity contribution is 5.03. The number of aliphatic hydroxyl groups is 1. The van der Waals surface area contributed by atoms with Crippen molar-refractivity contribution in [3.8, 4) is 0 Å². The SMILES string of the molecule is CC1(O)CNCC2(CC2)C1. The Hall–Kier alpha value is -0.0800. The fraction of sp³-hybridized carbons (Fsp3) is 1.00. The zero-order valence-electron chi connectivity index (χ0n) is 6.48. The second-order valence-corrected chi connectivity index (χ2v) is 4.28. The highest BCUT2D eigenvalue weighted by Crippen LogP contribution is 2.52. The van der Waals surface area contributed by atoms with Gasteiger partial charge in [0.05, 0.1) is 5.60 Å². The van der Waals surface area contributed by atoms with Gasteiger partial charge >= 0.3 is 0 Å². The van der Waals surface area contributed by atoms with Crippen LogP contribution in [0.3, 0.4) is 0 Å². The summed E-state index contributed by atoms with van der Waals surface area (Å²) >= 11 is 0. The number of hydrogen-bond acceptors (Lipinski definition) is 2. The van der Waals surface area contributed by atoms with Crippen LogP contribution in [0.4, 0.5) is 0 Å². The van der Waals surface area contributed by atoms with Gasteiger partial charge in [0.2, 0.25) is 0 Å². The van der Waals surface area contributed by atoms with Crippen LogP contribution in [0.25, 0.3) is 0 Å². The monoisotopic (exact) mass is 141 g/mol. The van der Waals surface area contributed by atoms with Gasteiger partial charge in [-0.3, -0.25) is 0 Å². The topological polar surface area (TPSA) is 32.3 Å². The largest absolute Gasteiger partial charge is 0.389 e. The molecule has 2 rings (SSSR count). The summed E-state index contributed by atoms with van der Waals surface area (Å²) in [6, 6.07) is 0. The maximum Gasteiger partial charge on any atom is 0.0749 e. The molecule has 1 heterocycles. The van der Waals surface area contributed by atoms with Gasteiger partial charge < -0.3 is 10.4 Å². The summed E-state index contributed by atoms with van der Waals surface area (Å²) < 4.78 is 0. The summed E-state index contributed by atoms with van der Waals surface area (Å²) in [7, 11) is 0. The molecular formula is C8H15NO. The molecule has 0 aromatic carbocycles. The van der Waals surface area contributed by atoms with E-state index in [2.05, 4.69) is 5.32 Å². The summed E-state index contributed by atoms with van der Waals surface area (Å²) in [5, 5.41) is 13.0. The molecule has 1 aliphatic carbocycles. The van der Waals surface area contributed by atoms with Crippen LogP contribution in [-0.4, -0.2) is 23.8 Å². The zero-order valence-corrected chi connectivity index (χ0v) is 6.48. The minimum absolute atomic E-state index is 0.436. The van der Waals surface area contributed by atoms with Gasteiger partial charge in [0, 0.05) is 13.1 Å². The minimum atomic E-state index is -0.436. The molecule has 1 spiro atoms. The van der Waals surface area contributed by atoms with Crippen molar-refractivity contribution in [2.75, 3.05) is 13.1 Å². The van der Waals surface area contributed by atoms with E-state index in [1.165, 1.54) is 12.8 Å². The normalized spacial score (nSPS) is 43.8. The Morgan fingerprint density at radius 1 is 1.30 bits per heavy atom. The maximum absolute atomic E-state index is 9.69. The predicted molar refractivity (Wildman–Crippen MR) is 39.8 cm³/mol. The van der Waals surface area contributed by atoms with Crippen LogP contribution in [0, 0.1) is 5.41 Å². The van der Waals surface area contributed by atoms with Crippen molar-refractivity contribution in [3.05, 3.63) is 0 Å². The molecule has 0 amide bonds. The summed E-state index contributed by atoms with van der Waals surface area (Å²) in [5.74, 6) is 0. The van der Waals surface area contributed by atoms with Gasteiger partial charge in [-0.05, 0) is 31.6 Å². The molecule has 2 heteroatoms. The molecule has 1 saturated carbocycles. The molecule has 1 aliphatic heterocycles. The van der Waals surface area contributed by atoms with Crippen molar-refractivity contribution in [2.24, 2.45) is 5.41 Å². The van der Waals surface area contributed by atoms with E-state index >= 15 is 0 Å². The summed E-state index contributed by atoms with van der Waals surface area (Å²) in [4.78, 5) is 0. The van der Waals surface area contributed by atoms with Crippen LogP contribution in [0.1, 0.15) is 26.2 Å². The second-order valence-electron chi connectivity index (χ2n) is 4.28. The summed E-state index contributed by atoms with van der Waals surface area (Å²) in [6.07, 6.45) is 3.64. The lowest BCUT2D eigenvalue weighted by atomic mass is 9.86. The van der Waals surface area contributed by atoms with Crippen molar-refractivity contribution in [3.63, 3.8) is 0 Å². The molecule has 0 aromatic rings. The lowest BCUT2D eigenvalue weighted by Crippen LogP contribution is -2.48. The van der Waals surface area contributed by atoms with Gasteiger partial charge in [0.15, 0.2) is 0 Å². The van der Waals surface area contributed by atoms with E-state index < -0.39 is 5.60 Å². The molecule has 0 bridgehead atoms. The van der Waals surface area contributed by atoms with Crippen molar-refractivity contribution < 1.29 is 5.11 Å². The molecule has 58 valence electrons. The van der Waals surface area contributed by atoms with E-state index in [1.54, 1.807) is 0 Å². The van der Waals surface area contributed by atoms with Crippen molar-refractivity contribution >= 4 is 0 Å². The van der Waals surface area contributed by atoms with Crippen LogP contribution in [0.15, 0.2) is 0 Å². The number of hydrogen-bond donors (Lipinski definition) is 2. The molecule has 0 radical (unpaired) electrons. The lowest BCUT2D eigenvalue weighted by Gasteiger charge is -2.34. The van der Waals surface area contributed by atoms with Crippen LogP contribution in [0.2, 0.25) is 0 Å². The number of rotatable bonds is 0. The van der Waals surface area contributed by atoms with E-state index in [9.17, 15) is 5.11 Å². The summed E-state index contributed by atoms with van der Waals surface area (Å²) in [6.45, 7) is 3.83. The maximum atomic E-state index is 9.69. The average molecular weight is 141 g/mol. The number of piperidine rings is 1. The molecule has 2 fully saturated rings. The van der Waals surface area contributed by atoms with E-state index in [-0.39, 0.29) is 0 Å². The second kappa shape index (κ2) is 1.74. The predicted octanol–water partition coefficient (Wildman–Crippen LogP) is 0.511. The molecule has 0 aromatic heterocycles. The first kappa shape index (κ1) is 6.62. The third-order valence-corrected chi connectivity index (χ3v) is 2.72. The highest BCUT2D eigenvalue weighted by atomic mass is 16.3. The number of nitrogens with one attached hydrogen (secondary N) is 1. The van der Waals surface area contributed by atoms with Gasteiger partial charge in [-0.1, -0.05) is 0 Å². The van der Waals surface area contributed by atoms with Crippen molar-refractivity contribution in [2.45, 2.75) is 31.8 Å². The van der Waals surface area contributed by atoms with Crippen LogP contribution >= 0.6 is 0 Å². The van der Waals surface area contributed by atoms with Gasteiger partial charge in [-0.15, -0.1) is 0 Å². The van der Waals surface area contributed by atoms with Crippen molar-refractivity contribution in [1.29, 1.82) is 0 Å². The first-order valence-corrected chi connectivity index (χ1v) is 4.05. The number of β-amino-alcohol motifs (C(OH)–C–C–N with tert-alkyl or cyclic N) is 1. The van der Waals surface area contributed by atoms with Gasteiger partial charge in [0.25, 0.3) is 0 Å². The Morgan fingerprint density at radius 2 is 2.00 bits per heavy atom. The van der Waals surface area contributed by atoms with Crippen LogP contribution in [0.5, 0.6) is 0 Å². The fourth-order valence-electron chi connectivity index (χ4n) is 2.06. The molecule has 2 N–H and O–H groups in total. The Morgan fingerprint density at radius 3 is 2.40 bits per heavy atom. The van der Waals surface area contributed by atoms with Gasteiger partial charge in [-0.2, -0.15) is 0 Å². The van der Waals surface area contributed by atoms with E-state index in [4.69, 9.17) is 0 Å². The third kappa shape index (κ3) is 1.06. The van der Waals surface area contributed by atoms with Gasteiger partial charge in [0.1, 0.15) is 0 Å². The fourth-order valence-corrected chi connectivity index (χ4v) is 2.06. The lowest BCUT2D eigenvalue weighted by molar-refractivity contribution is 0.00801. The molecular weight excluding hydrogens is 126 g/mol. The third-order valence-electron chi connectivity index (χ3n) is 2.72. The molecule has 2 aliphatic rings. The first-order valence-electron chi connectivity index (χ1n) is 4.05. The Balaban J connectivity index is 2.04. The Bertz CT molecular complexity index is 145. The molecule has 1 unspecified atom stereocenters. The Kier molecular flexibility index (Phi) is 1.15. The summed E-state index contributed by atoms with van der Waals surface area (Å²) in [5.41, 5.74) is 0.0660. The first-order chi connectivity index (χ1) is 4.62. The standard InChI is InChI=1S/C8H15NO/c1-7(10)4-8(2-3-8)6-9-5-7/h9-10H,2-6H2,1H3. The molecule has 10 heavy (non-hydrogen) atoms. The van der Waals surface area contributed by atoms with E-state index in [0.717, 1.165) is 19.5 Å². The molecule has 2 nitrogen and oxygen atoms in total. The van der Waals surface area contributed by atoms with Gasteiger partial charge in [-0.25, -0.2) is 0 Å². The quantitative estimate of drug-likeness (QED) is 0.515. The smallest absolute Gasteiger partial charge is 0.0749 e. The van der Waals surface area contributed by atoms with Crippen LogP contribution in [-0.2, 0) is 0 Å². The average Bonchev–Trinajstić information content (AvgIpc) is 2.45. The van der Waals surface area contributed by atoms with E-state index in [1.807, 2.05) is 6.92 Å². The van der Waals surface area contributed by atoms with Crippen molar-refractivity contribution in [1.82, 2.24) is 5.32 Å². The van der Waals surface area contributed by atoms with Crippen LogP contribution < -0.4 is 5.32 Å². The minimum Gasteiger partial charge on any atom is -0.389 e.